The molecule has 0 aromatic heterocycles. The van der Waals surface area contributed by atoms with Gasteiger partial charge in [-0.2, -0.15) is 0 Å². The van der Waals surface area contributed by atoms with E-state index in [1.165, 1.54) is 0 Å². The highest BCUT2D eigenvalue weighted by Crippen LogP contribution is 2.33. The van der Waals surface area contributed by atoms with Crippen LogP contribution in [0.3, 0.4) is 0 Å². The molecule has 1 rings (SSSR count). The van der Waals surface area contributed by atoms with Gasteiger partial charge in [-0.3, -0.25) is 4.90 Å². The summed E-state index contributed by atoms with van der Waals surface area (Å²) in [7, 11) is 2.12. The lowest BCUT2D eigenvalue weighted by Crippen LogP contribution is -2.43. The van der Waals surface area contributed by atoms with Gasteiger partial charge in [-0.25, -0.2) is 0 Å². The summed E-state index contributed by atoms with van der Waals surface area (Å²) in [5.74, 6) is 0. The zero-order valence-electron chi connectivity index (χ0n) is 12.4. The van der Waals surface area contributed by atoms with E-state index < -0.39 is 0 Å². The Morgan fingerprint density at radius 1 is 1.37 bits per heavy atom. The topological polar surface area (TPSA) is 29.3 Å². The van der Waals surface area contributed by atoms with Crippen molar-refractivity contribution in [1.82, 2.24) is 4.90 Å². The number of likely N-dealkylation sites (N-methyl/N-ethyl adjacent to an activating group) is 1. The van der Waals surface area contributed by atoms with Crippen LogP contribution < -0.4 is 5.73 Å². The second-order valence-corrected chi connectivity index (χ2v) is 7.45. The summed E-state index contributed by atoms with van der Waals surface area (Å²) >= 11 is 9.79. The van der Waals surface area contributed by atoms with Gasteiger partial charge in [-0.15, -0.1) is 0 Å². The lowest BCUT2D eigenvalue weighted by molar-refractivity contribution is 0.100. The van der Waals surface area contributed by atoms with E-state index in [-0.39, 0.29) is 11.5 Å². The molecule has 19 heavy (non-hydrogen) atoms. The van der Waals surface area contributed by atoms with Crippen LogP contribution in [0.15, 0.2) is 22.7 Å². The molecule has 0 heterocycles. The summed E-state index contributed by atoms with van der Waals surface area (Å²) in [6.45, 7) is 9.51. The van der Waals surface area contributed by atoms with Gasteiger partial charge < -0.3 is 5.73 Å². The van der Waals surface area contributed by atoms with E-state index in [2.05, 4.69) is 61.6 Å². The van der Waals surface area contributed by atoms with Gasteiger partial charge >= 0.3 is 0 Å². The third-order valence-corrected chi connectivity index (χ3v) is 4.72. The van der Waals surface area contributed by atoms with Gasteiger partial charge in [0.25, 0.3) is 0 Å². The summed E-state index contributed by atoms with van der Waals surface area (Å²) in [5.41, 5.74) is 7.27. The summed E-state index contributed by atoms with van der Waals surface area (Å²) < 4.78 is 0.989. The van der Waals surface area contributed by atoms with Crippen molar-refractivity contribution >= 4 is 27.5 Å². The highest BCUT2D eigenvalue weighted by molar-refractivity contribution is 9.10. The predicted octanol–water partition coefficient (Wildman–Crippen LogP) is 4.47. The van der Waals surface area contributed by atoms with Crippen LogP contribution >= 0.6 is 27.5 Å². The molecule has 1 aromatic rings. The van der Waals surface area contributed by atoms with Gasteiger partial charge in [0.15, 0.2) is 0 Å². The number of rotatable bonds is 4. The Kier molecular flexibility index (Phi) is 5.87. The molecule has 2 unspecified atom stereocenters. The van der Waals surface area contributed by atoms with Crippen LogP contribution in [0.2, 0.25) is 5.02 Å². The Hall–Kier alpha value is -0.0900. The fourth-order valence-corrected chi connectivity index (χ4v) is 2.96. The van der Waals surface area contributed by atoms with Crippen molar-refractivity contribution in [3.8, 4) is 0 Å². The second-order valence-electron chi connectivity index (χ2n) is 6.12. The molecule has 108 valence electrons. The monoisotopic (exact) mass is 346 g/mol. The smallest absolute Gasteiger partial charge is 0.0485 e. The number of benzene rings is 1. The first-order valence-electron chi connectivity index (χ1n) is 6.55. The van der Waals surface area contributed by atoms with Crippen molar-refractivity contribution in [2.45, 2.75) is 39.8 Å². The van der Waals surface area contributed by atoms with E-state index in [0.29, 0.717) is 12.6 Å². The van der Waals surface area contributed by atoms with Gasteiger partial charge in [0.2, 0.25) is 0 Å². The van der Waals surface area contributed by atoms with Crippen LogP contribution in [-0.2, 0) is 0 Å². The predicted molar refractivity (Wildman–Crippen MR) is 87.6 cm³/mol. The van der Waals surface area contributed by atoms with Crippen LogP contribution in [0.25, 0.3) is 0 Å². The van der Waals surface area contributed by atoms with E-state index in [4.69, 9.17) is 17.3 Å². The molecule has 0 spiro atoms. The Labute approximate surface area is 130 Å². The van der Waals surface area contributed by atoms with Crippen molar-refractivity contribution in [1.29, 1.82) is 0 Å². The first-order chi connectivity index (χ1) is 8.68. The maximum Gasteiger partial charge on any atom is 0.0485 e. The molecule has 0 aliphatic carbocycles. The van der Waals surface area contributed by atoms with Gasteiger partial charge in [0.05, 0.1) is 0 Å². The number of nitrogens with zero attached hydrogens (tertiary/aromatic N) is 1. The number of hydrogen-bond donors (Lipinski definition) is 1. The van der Waals surface area contributed by atoms with E-state index in [1.807, 2.05) is 12.1 Å². The fourth-order valence-electron chi connectivity index (χ4n) is 2.17. The van der Waals surface area contributed by atoms with Crippen LogP contribution in [0.1, 0.15) is 39.3 Å². The molecule has 0 saturated carbocycles. The van der Waals surface area contributed by atoms with Crippen LogP contribution in [-0.4, -0.2) is 24.5 Å². The summed E-state index contributed by atoms with van der Waals surface area (Å²) in [6.07, 6.45) is 0. The minimum atomic E-state index is 0.134. The average Bonchev–Trinajstić information content (AvgIpc) is 2.30. The lowest BCUT2D eigenvalue weighted by Gasteiger charge is -2.40. The molecule has 0 fully saturated rings. The number of hydrogen-bond acceptors (Lipinski definition) is 2. The summed E-state index contributed by atoms with van der Waals surface area (Å²) in [4.78, 5) is 2.31. The largest absolute Gasteiger partial charge is 0.329 e. The summed E-state index contributed by atoms with van der Waals surface area (Å²) in [6, 6.07) is 6.53. The lowest BCUT2D eigenvalue weighted by atomic mass is 9.86. The van der Waals surface area contributed by atoms with Crippen molar-refractivity contribution < 1.29 is 0 Å². The Morgan fingerprint density at radius 2 is 1.95 bits per heavy atom. The molecular formula is C15H24BrClN2. The maximum atomic E-state index is 6.35. The standard InChI is InChI=1S/C15H24BrClN2/c1-10(15(2,3)4)19(5)14(9-18)12-7-6-11(16)8-13(12)17/h6-8,10,14H,9,18H2,1-5H3. The van der Waals surface area contributed by atoms with Crippen LogP contribution in [0.4, 0.5) is 0 Å². The Morgan fingerprint density at radius 3 is 2.37 bits per heavy atom. The van der Waals surface area contributed by atoms with E-state index in [0.717, 1.165) is 15.1 Å². The third-order valence-electron chi connectivity index (χ3n) is 3.90. The fraction of sp³-hybridized carbons (Fsp3) is 0.600. The molecule has 0 amide bonds. The van der Waals surface area contributed by atoms with Crippen molar-refractivity contribution in [3.05, 3.63) is 33.3 Å². The summed E-state index contributed by atoms with van der Waals surface area (Å²) in [5, 5.41) is 0.762. The normalized spacial score (nSPS) is 15.6. The van der Waals surface area contributed by atoms with Crippen molar-refractivity contribution in [3.63, 3.8) is 0 Å². The third kappa shape index (κ3) is 4.19. The van der Waals surface area contributed by atoms with E-state index in [1.54, 1.807) is 0 Å². The zero-order valence-corrected chi connectivity index (χ0v) is 14.7. The van der Waals surface area contributed by atoms with Crippen molar-refractivity contribution in [2.24, 2.45) is 11.1 Å². The molecule has 0 saturated heterocycles. The zero-order chi connectivity index (χ0) is 14.8. The van der Waals surface area contributed by atoms with Gasteiger partial charge in [0, 0.05) is 28.1 Å². The second kappa shape index (κ2) is 6.57. The maximum absolute atomic E-state index is 6.35. The minimum absolute atomic E-state index is 0.134. The van der Waals surface area contributed by atoms with Crippen LogP contribution in [0, 0.1) is 5.41 Å². The molecular weight excluding hydrogens is 324 g/mol. The SMILES string of the molecule is CC(N(C)C(CN)c1ccc(Br)cc1Cl)C(C)(C)C. The number of nitrogens with two attached hydrogens (primary N) is 1. The van der Waals surface area contributed by atoms with Crippen molar-refractivity contribution in [2.75, 3.05) is 13.6 Å². The van der Waals surface area contributed by atoms with E-state index >= 15 is 0 Å². The first-order valence-corrected chi connectivity index (χ1v) is 7.72. The first kappa shape index (κ1) is 17.0. The molecule has 2 nitrogen and oxygen atoms in total. The Bertz CT molecular complexity index is 429. The average molecular weight is 348 g/mol. The highest BCUT2D eigenvalue weighted by Gasteiger charge is 2.29. The molecule has 4 heteroatoms. The van der Waals surface area contributed by atoms with E-state index in [9.17, 15) is 0 Å². The molecule has 0 aliphatic rings. The van der Waals surface area contributed by atoms with Gasteiger partial charge in [0.1, 0.15) is 0 Å². The minimum Gasteiger partial charge on any atom is -0.329 e. The molecule has 2 atom stereocenters. The number of halogens is 2. The highest BCUT2D eigenvalue weighted by atomic mass is 79.9. The van der Waals surface area contributed by atoms with Gasteiger partial charge in [-0.1, -0.05) is 54.4 Å². The molecule has 1 aromatic carbocycles. The quantitative estimate of drug-likeness (QED) is 0.870. The molecule has 2 N–H and O–H groups in total. The van der Waals surface area contributed by atoms with Crippen LogP contribution in [0.5, 0.6) is 0 Å². The molecule has 0 aliphatic heterocycles. The van der Waals surface area contributed by atoms with Gasteiger partial charge in [-0.05, 0) is 37.1 Å². The molecule has 0 radical (unpaired) electrons. The Balaban J connectivity index is 3.06. The molecule has 0 bridgehead atoms.